The maximum Gasteiger partial charge on any atom is 0.311 e. The minimum atomic E-state index is -1.19. The molecule has 3 atom stereocenters. The Morgan fingerprint density at radius 3 is 1.26 bits per heavy atom. The van der Waals surface area contributed by atoms with Gasteiger partial charge in [0.25, 0.3) is 0 Å². The van der Waals surface area contributed by atoms with Crippen LogP contribution in [0.3, 0.4) is 0 Å². The van der Waals surface area contributed by atoms with Crippen molar-refractivity contribution in [2.45, 2.75) is 150 Å². The highest BCUT2D eigenvalue weighted by Crippen LogP contribution is 2.22. The minimum Gasteiger partial charge on any atom is -0.550 e. The summed E-state index contributed by atoms with van der Waals surface area (Å²) in [6.45, 7) is 8.17. The molecule has 0 amide bonds. The smallest absolute Gasteiger partial charge is 0.311 e. The third kappa shape index (κ3) is 21.8. The highest BCUT2D eigenvalue weighted by atomic mass is 16.4. The lowest BCUT2D eigenvalue weighted by Gasteiger charge is -2.43. The number of carboxylic acid groups (broad SMARTS) is 3. The normalized spacial score (nSPS) is 15.3. The molecule has 0 aromatic rings. The van der Waals surface area contributed by atoms with Crippen molar-refractivity contribution in [3.05, 3.63) is 12.2 Å². The summed E-state index contributed by atoms with van der Waals surface area (Å²) in [5, 5.41) is 30.5. The fourth-order valence-electron chi connectivity index (χ4n) is 6.05. The Morgan fingerprint density at radius 1 is 0.571 bits per heavy atom. The van der Waals surface area contributed by atoms with Crippen LogP contribution in [0.2, 0.25) is 0 Å². The zero-order chi connectivity index (χ0) is 31.6. The lowest BCUT2D eigenvalue weighted by Crippen LogP contribution is -2.58. The Kier molecular flexibility index (Phi) is 24.4. The van der Waals surface area contributed by atoms with E-state index in [1.165, 1.54) is 96.3 Å². The van der Waals surface area contributed by atoms with Gasteiger partial charge in [0.1, 0.15) is 11.8 Å². The summed E-state index contributed by atoms with van der Waals surface area (Å²) in [6.07, 6.45) is 28.6. The number of carboxylic acids is 3. The molecule has 246 valence electrons. The Hall–Kier alpha value is -1.89. The van der Waals surface area contributed by atoms with Gasteiger partial charge in [-0.15, -0.1) is 0 Å². The molecule has 0 aliphatic heterocycles. The van der Waals surface area contributed by atoms with Gasteiger partial charge in [0.05, 0.1) is 26.2 Å². The Bertz CT molecular complexity index is 682. The van der Waals surface area contributed by atoms with Gasteiger partial charge in [-0.2, -0.15) is 0 Å². The maximum atomic E-state index is 11.6. The quantitative estimate of drug-likeness (QED) is 0.0501. The molecule has 7 heteroatoms. The molecule has 42 heavy (non-hydrogen) atoms. The van der Waals surface area contributed by atoms with Crippen LogP contribution in [0.4, 0.5) is 0 Å². The lowest BCUT2D eigenvalue weighted by molar-refractivity contribution is -0.934. The number of unbranched alkanes of at least 4 members (excludes halogenated alkanes) is 17. The number of hydrogen-bond acceptors (Lipinski definition) is 4. The molecular weight excluding hydrogens is 530 g/mol. The van der Waals surface area contributed by atoms with Gasteiger partial charge < -0.3 is 24.6 Å². The van der Waals surface area contributed by atoms with Gasteiger partial charge in [-0.25, -0.2) is 0 Å². The molecule has 0 aromatic heterocycles. The third-order valence-corrected chi connectivity index (χ3v) is 8.62. The standard InChI is InChI=1S/C35H65NO6/c1-5-6-7-8-9-10-11-12-13-14-15-16-17-18-19-20-21-22-23-24-25-26-36(27-30(2)33(37)38,28-31(3)34(39)40)29-32(4)35(41)42/h21-22,30-32H,5-20,23-29H2,1-4H3,(H2-,37,38,39,40,41,42)/b22-21+. The summed E-state index contributed by atoms with van der Waals surface area (Å²) < 4.78 is 0.166. The van der Waals surface area contributed by atoms with E-state index in [9.17, 15) is 29.7 Å². The number of aliphatic carboxylic acids is 3. The van der Waals surface area contributed by atoms with E-state index in [-0.39, 0.29) is 24.1 Å². The van der Waals surface area contributed by atoms with Crippen molar-refractivity contribution in [3.8, 4) is 0 Å². The number of allylic oxidation sites excluding steroid dienone is 2. The molecule has 0 spiro atoms. The van der Waals surface area contributed by atoms with E-state index in [1.54, 1.807) is 20.8 Å². The number of nitrogens with zero attached hydrogens (tertiary/aromatic N) is 1. The average molecular weight is 596 g/mol. The third-order valence-electron chi connectivity index (χ3n) is 8.62. The van der Waals surface area contributed by atoms with E-state index in [2.05, 4.69) is 19.1 Å². The SMILES string of the molecule is CCCCCCCCCCCCCCCCC/C=C/CCCC[N+](CC(C)C(=O)[O-])(CC(C)C(=O)O)CC(C)C(=O)O. The summed E-state index contributed by atoms with van der Waals surface area (Å²) in [5.74, 6) is -5.29. The molecule has 3 unspecified atom stereocenters. The molecule has 0 aliphatic rings. The van der Waals surface area contributed by atoms with Crippen molar-refractivity contribution in [2.75, 3.05) is 26.2 Å². The number of carbonyl (C=O) groups excluding carboxylic acids is 1. The fraction of sp³-hybridized carbons (Fsp3) is 0.857. The van der Waals surface area contributed by atoms with Crippen LogP contribution in [-0.2, 0) is 14.4 Å². The zero-order valence-corrected chi connectivity index (χ0v) is 27.6. The van der Waals surface area contributed by atoms with Crippen molar-refractivity contribution >= 4 is 17.9 Å². The van der Waals surface area contributed by atoms with Gasteiger partial charge >= 0.3 is 11.9 Å². The van der Waals surface area contributed by atoms with Crippen LogP contribution >= 0.6 is 0 Å². The summed E-state index contributed by atoms with van der Waals surface area (Å²) in [4.78, 5) is 34.8. The van der Waals surface area contributed by atoms with E-state index in [4.69, 9.17) is 0 Å². The molecule has 0 heterocycles. The van der Waals surface area contributed by atoms with Crippen LogP contribution in [-0.4, -0.2) is 58.8 Å². The van der Waals surface area contributed by atoms with Gasteiger partial charge in [0.15, 0.2) is 0 Å². The van der Waals surface area contributed by atoms with E-state index >= 15 is 0 Å². The largest absolute Gasteiger partial charge is 0.550 e. The monoisotopic (exact) mass is 595 g/mol. The average Bonchev–Trinajstić information content (AvgIpc) is 2.93. The first-order chi connectivity index (χ1) is 20.0. The fourth-order valence-corrected chi connectivity index (χ4v) is 6.05. The Morgan fingerprint density at radius 2 is 0.905 bits per heavy atom. The first-order valence-corrected chi connectivity index (χ1v) is 17.2. The molecule has 0 aromatic carbocycles. The van der Waals surface area contributed by atoms with Crippen LogP contribution in [0.25, 0.3) is 0 Å². The van der Waals surface area contributed by atoms with Crippen molar-refractivity contribution in [1.29, 1.82) is 0 Å². The van der Waals surface area contributed by atoms with Crippen molar-refractivity contribution in [1.82, 2.24) is 0 Å². The zero-order valence-electron chi connectivity index (χ0n) is 27.6. The van der Waals surface area contributed by atoms with Crippen LogP contribution in [0.1, 0.15) is 150 Å². The summed E-state index contributed by atoms with van der Waals surface area (Å²) in [7, 11) is 0. The number of hydrogen-bond donors (Lipinski definition) is 2. The Balaban J connectivity index is 4.25. The van der Waals surface area contributed by atoms with Gasteiger partial charge in [-0.3, -0.25) is 9.59 Å². The first-order valence-electron chi connectivity index (χ1n) is 17.2. The Labute approximate surface area is 257 Å². The topological polar surface area (TPSA) is 115 Å². The summed E-state index contributed by atoms with van der Waals surface area (Å²) in [6, 6.07) is 0. The van der Waals surface area contributed by atoms with E-state index in [0.29, 0.717) is 6.54 Å². The van der Waals surface area contributed by atoms with Crippen molar-refractivity contribution < 1.29 is 34.2 Å². The van der Waals surface area contributed by atoms with E-state index in [1.807, 2.05) is 0 Å². The highest BCUT2D eigenvalue weighted by molar-refractivity contribution is 5.70. The molecule has 0 aliphatic carbocycles. The summed E-state index contributed by atoms with van der Waals surface area (Å²) >= 11 is 0. The van der Waals surface area contributed by atoms with Crippen LogP contribution in [0.15, 0.2) is 12.2 Å². The second kappa shape index (κ2) is 25.6. The number of quaternary nitrogens is 1. The maximum absolute atomic E-state index is 11.6. The van der Waals surface area contributed by atoms with Crippen molar-refractivity contribution in [3.63, 3.8) is 0 Å². The molecule has 0 saturated carbocycles. The van der Waals surface area contributed by atoms with Gasteiger partial charge in [-0.05, 0) is 46.0 Å². The van der Waals surface area contributed by atoms with Crippen LogP contribution < -0.4 is 5.11 Å². The molecular formula is C35H65NO6. The van der Waals surface area contributed by atoms with Gasteiger partial charge in [0, 0.05) is 11.9 Å². The second-order valence-electron chi connectivity index (χ2n) is 13.0. The molecule has 0 fully saturated rings. The number of carbonyl (C=O) groups is 3. The lowest BCUT2D eigenvalue weighted by atomic mass is 10.0. The predicted molar refractivity (Wildman–Crippen MR) is 170 cm³/mol. The molecule has 0 radical (unpaired) electrons. The number of rotatable bonds is 30. The molecule has 7 nitrogen and oxygen atoms in total. The second-order valence-corrected chi connectivity index (χ2v) is 13.0. The molecule has 0 bridgehead atoms. The van der Waals surface area contributed by atoms with E-state index in [0.717, 1.165) is 25.7 Å². The van der Waals surface area contributed by atoms with E-state index < -0.39 is 35.7 Å². The molecule has 0 saturated heterocycles. The van der Waals surface area contributed by atoms with Crippen molar-refractivity contribution in [2.24, 2.45) is 17.8 Å². The van der Waals surface area contributed by atoms with Gasteiger partial charge in [0.2, 0.25) is 0 Å². The first kappa shape index (κ1) is 40.1. The van der Waals surface area contributed by atoms with Gasteiger partial charge in [-0.1, -0.05) is 116 Å². The highest BCUT2D eigenvalue weighted by Gasteiger charge is 2.36. The van der Waals surface area contributed by atoms with Crippen LogP contribution in [0, 0.1) is 17.8 Å². The minimum absolute atomic E-state index is 0.166. The summed E-state index contributed by atoms with van der Waals surface area (Å²) in [5.41, 5.74) is 0. The van der Waals surface area contributed by atoms with Crippen LogP contribution in [0.5, 0.6) is 0 Å². The molecule has 2 N–H and O–H groups in total. The molecule has 0 rings (SSSR count). The predicted octanol–water partition coefficient (Wildman–Crippen LogP) is 7.62.